The Hall–Kier alpha value is -5.03. The van der Waals surface area contributed by atoms with E-state index in [4.69, 9.17) is 15.3 Å². The van der Waals surface area contributed by atoms with E-state index in [2.05, 4.69) is 101 Å². The quantitative estimate of drug-likeness (QED) is 0.400. The summed E-state index contributed by atoms with van der Waals surface area (Å²) in [5, 5.41) is 0. The Labute approximate surface area is 189 Å². The Balaban J connectivity index is 2.33. The Bertz CT molecular complexity index is 1480. The fraction of sp³-hybridized carbons (Fsp3) is 0.111. The molecule has 0 radical (unpaired) electrons. The molecule has 0 aromatic heterocycles. The van der Waals surface area contributed by atoms with Crippen LogP contribution in [-0.2, 0) is 19.0 Å². The first-order chi connectivity index (χ1) is 15.6. The Morgan fingerprint density at radius 1 is 0.688 bits per heavy atom. The normalized spacial score (nSPS) is 7.38. The number of aryl methyl sites for hydroxylation is 1. The molecule has 0 heterocycles. The number of terminal acetylenes is 1. The van der Waals surface area contributed by atoms with Crippen LogP contribution in [0.3, 0.4) is 0 Å². The zero-order chi connectivity index (χ0) is 23.3. The van der Waals surface area contributed by atoms with Gasteiger partial charge in [-0.1, -0.05) is 17.7 Å². The highest BCUT2D eigenvalue weighted by Crippen LogP contribution is 2.12. The Kier molecular flexibility index (Phi) is 12.4. The van der Waals surface area contributed by atoms with E-state index in [1.54, 1.807) is 12.1 Å². The second-order valence-corrected chi connectivity index (χ2v) is 6.67. The van der Waals surface area contributed by atoms with Gasteiger partial charge < -0.3 is 4.74 Å². The summed E-state index contributed by atoms with van der Waals surface area (Å²) in [5.74, 6) is 38.7. The summed E-state index contributed by atoms with van der Waals surface area (Å²) in [4.78, 5) is 0.0808. The summed E-state index contributed by atoms with van der Waals surface area (Å²) in [6.45, 7) is 1.64. The molecule has 0 saturated carbocycles. The zero-order valence-electron chi connectivity index (χ0n) is 16.8. The molecule has 32 heavy (non-hydrogen) atoms. The van der Waals surface area contributed by atoms with Gasteiger partial charge in [-0.25, -0.2) is 0 Å². The van der Waals surface area contributed by atoms with Gasteiger partial charge in [0.15, 0.2) is 0 Å². The third kappa shape index (κ3) is 12.4. The van der Waals surface area contributed by atoms with Crippen molar-refractivity contribution < 1.29 is 17.3 Å². The van der Waals surface area contributed by atoms with Gasteiger partial charge in [0.05, 0.1) is 4.90 Å². The molecule has 5 heteroatoms. The van der Waals surface area contributed by atoms with Crippen LogP contribution in [0.2, 0.25) is 0 Å². The van der Waals surface area contributed by atoms with Crippen LogP contribution in [0, 0.1) is 114 Å². The third-order valence-electron chi connectivity index (χ3n) is 2.80. The van der Waals surface area contributed by atoms with Gasteiger partial charge in [0.25, 0.3) is 10.1 Å². The topological polar surface area (TPSA) is 52.6 Å². The maximum Gasteiger partial charge on any atom is 0.297 e. The van der Waals surface area contributed by atoms with Crippen LogP contribution in [0.5, 0.6) is 0 Å². The zero-order valence-corrected chi connectivity index (χ0v) is 17.7. The third-order valence-corrected chi connectivity index (χ3v) is 4.13. The van der Waals surface area contributed by atoms with E-state index in [-0.39, 0.29) is 18.1 Å². The number of hydrogen-bond donors (Lipinski definition) is 0. The fourth-order valence-corrected chi connectivity index (χ4v) is 2.41. The monoisotopic (exact) mass is 432 g/mol. The van der Waals surface area contributed by atoms with Gasteiger partial charge in [0, 0.05) is 47.4 Å². The molecule has 0 aliphatic rings. The molecule has 0 aliphatic carbocycles. The van der Waals surface area contributed by atoms with Gasteiger partial charge in [-0.05, 0) is 66.4 Å². The van der Waals surface area contributed by atoms with Gasteiger partial charge >= 0.3 is 0 Å². The second kappa shape index (κ2) is 15.8. The van der Waals surface area contributed by atoms with E-state index in [1.807, 2.05) is 6.92 Å². The summed E-state index contributed by atoms with van der Waals surface area (Å²) >= 11 is 0. The highest BCUT2D eigenvalue weighted by molar-refractivity contribution is 7.86. The van der Waals surface area contributed by atoms with E-state index in [0.717, 1.165) is 5.56 Å². The van der Waals surface area contributed by atoms with Crippen molar-refractivity contribution in [3.63, 3.8) is 0 Å². The predicted molar refractivity (Wildman–Crippen MR) is 121 cm³/mol. The predicted octanol–water partition coefficient (Wildman–Crippen LogP) is 1.33. The SMILES string of the molecule is C#CC#CC#CC#CC#CC#CC#CC#CC#COCCOS(=O)(=O)c1ccc(C)cc1. The van der Waals surface area contributed by atoms with Crippen molar-refractivity contribution >= 4 is 10.1 Å². The molecule has 1 aromatic rings. The maximum absolute atomic E-state index is 11.9. The first-order valence-electron chi connectivity index (χ1n) is 8.60. The molecular formula is C27H12O4S. The van der Waals surface area contributed by atoms with Crippen LogP contribution in [0.15, 0.2) is 29.2 Å². The van der Waals surface area contributed by atoms with Gasteiger partial charge in [-0.15, -0.1) is 6.42 Å². The van der Waals surface area contributed by atoms with Crippen molar-refractivity contribution in [1.29, 1.82) is 0 Å². The minimum atomic E-state index is -3.82. The lowest BCUT2D eigenvalue weighted by Gasteiger charge is -2.04. The second-order valence-electron chi connectivity index (χ2n) is 5.06. The first-order valence-corrected chi connectivity index (χ1v) is 10.0. The molecule has 0 atom stereocenters. The standard InChI is InChI=1S/C27H12O4S/c1-3-4-5-6-7-8-9-10-11-12-13-14-15-16-17-18-23-30-24-25-31-32(28,29)27-21-19-26(2)20-22-27/h1,19-22H,24-25H2,2H3. The fourth-order valence-electron chi connectivity index (χ4n) is 1.51. The van der Waals surface area contributed by atoms with E-state index in [1.165, 1.54) is 12.1 Å². The lowest BCUT2D eigenvalue weighted by molar-refractivity contribution is 0.198. The van der Waals surface area contributed by atoms with Crippen molar-refractivity contribution in [2.75, 3.05) is 13.2 Å². The van der Waals surface area contributed by atoms with Crippen molar-refractivity contribution in [2.45, 2.75) is 11.8 Å². The molecule has 0 aliphatic heterocycles. The molecule has 0 N–H and O–H groups in total. The van der Waals surface area contributed by atoms with Crippen molar-refractivity contribution in [3.05, 3.63) is 29.8 Å². The first kappa shape index (κ1) is 25.0. The molecule has 1 rings (SSSR count). The molecular weight excluding hydrogens is 420 g/mol. The molecule has 0 unspecified atom stereocenters. The van der Waals surface area contributed by atoms with E-state index >= 15 is 0 Å². The van der Waals surface area contributed by atoms with Gasteiger partial charge in [-0.2, -0.15) is 8.42 Å². The molecule has 0 fully saturated rings. The van der Waals surface area contributed by atoms with Crippen molar-refractivity contribution in [1.82, 2.24) is 0 Å². The highest BCUT2D eigenvalue weighted by atomic mass is 32.2. The molecule has 0 saturated heterocycles. The van der Waals surface area contributed by atoms with Crippen molar-refractivity contribution in [2.24, 2.45) is 0 Å². The molecule has 0 bridgehead atoms. The average Bonchev–Trinajstić information content (AvgIpc) is 2.78. The number of ether oxygens (including phenoxy) is 1. The van der Waals surface area contributed by atoms with Crippen LogP contribution >= 0.6 is 0 Å². The molecule has 0 amide bonds. The maximum atomic E-state index is 11.9. The van der Waals surface area contributed by atoms with E-state index in [9.17, 15) is 8.42 Å². The number of hydrogen-bond acceptors (Lipinski definition) is 4. The van der Waals surface area contributed by atoms with Crippen LogP contribution in [-0.4, -0.2) is 21.6 Å². The molecule has 150 valence electrons. The minimum absolute atomic E-state index is 0.0393. The van der Waals surface area contributed by atoms with Crippen molar-refractivity contribution in [3.8, 4) is 107 Å². The lowest BCUT2D eigenvalue weighted by Crippen LogP contribution is -2.10. The van der Waals surface area contributed by atoms with E-state index in [0.29, 0.717) is 0 Å². The summed E-state index contributed by atoms with van der Waals surface area (Å²) in [6.07, 6.45) is 7.21. The average molecular weight is 432 g/mol. The minimum Gasteiger partial charge on any atom is -0.443 e. The van der Waals surface area contributed by atoms with Crippen LogP contribution < -0.4 is 0 Å². The Morgan fingerprint density at radius 3 is 1.59 bits per heavy atom. The lowest BCUT2D eigenvalue weighted by atomic mass is 10.2. The van der Waals surface area contributed by atoms with Gasteiger partial charge in [-0.3, -0.25) is 4.18 Å². The summed E-state index contributed by atoms with van der Waals surface area (Å²) in [6, 6.07) is 6.33. The van der Waals surface area contributed by atoms with Crippen LogP contribution in [0.1, 0.15) is 5.56 Å². The highest BCUT2D eigenvalue weighted by Gasteiger charge is 2.14. The summed E-state index contributed by atoms with van der Waals surface area (Å²) < 4.78 is 33.7. The van der Waals surface area contributed by atoms with Crippen LogP contribution in [0.25, 0.3) is 0 Å². The molecule has 1 aromatic carbocycles. The Morgan fingerprint density at radius 2 is 1.12 bits per heavy atom. The van der Waals surface area contributed by atoms with Gasteiger partial charge in [0.2, 0.25) is 0 Å². The molecule has 0 spiro atoms. The summed E-state index contributed by atoms with van der Waals surface area (Å²) in [5.41, 5.74) is 0.949. The van der Waals surface area contributed by atoms with E-state index < -0.39 is 10.1 Å². The van der Waals surface area contributed by atoms with Gasteiger partial charge in [0.1, 0.15) is 19.3 Å². The molecule has 4 nitrogen and oxygen atoms in total. The largest absolute Gasteiger partial charge is 0.443 e. The smallest absolute Gasteiger partial charge is 0.297 e. The van der Waals surface area contributed by atoms with Crippen LogP contribution in [0.4, 0.5) is 0 Å². The number of benzene rings is 1. The summed E-state index contributed by atoms with van der Waals surface area (Å²) in [7, 11) is -3.82. The number of rotatable bonds is 5.